The first-order valence-corrected chi connectivity index (χ1v) is 7.86. The molecular formula is C16H15NO4S. The van der Waals surface area contributed by atoms with E-state index in [1.54, 1.807) is 30.3 Å². The van der Waals surface area contributed by atoms with Crippen molar-refractivity contribution in [1.29, 1.82) is 0 Å². The van der Waals surface area contributed by atoms with Crippen LogP contribution in [0.5, 0.6) is 5.75 Å². The van der Waals surface area contributed by atoms with Gasteiger partial charge in [-0.2, -0.15) is 4.31 Å². The average Bonchev–Trinajstić information content (AvgIpc) is 2.55. The number of carbonyl (C=O) groups is 1. The minimum atomic E-state index is -4.12. The summed E-state index contributed by atoms with van der Waals surface area (Å²) in [5, 5.41) is 0. The van der Waals surface area contributed by atoms with Crippen LogP contribution in [0.4, 0.5) is 5.69 Å². The summed E-state index contributed by atoms with van der Waals surface area (Å²) < 4.78 is 31.6. The molecule has 0 aliphatic rings. The van der Waals surface area contributed by atoms with E-state index in [-0.39, 0.29) is 16.3 Å². The number of nitrogens with zero attached hydrogens (tertiary/aromatic N) is 1. The zero-order valence-electron chi connectivity index (χ0n) is 12.0. The van der Waals surface area contributed by atoms with Gasteiger partial charge in [-0.05, 0) is 30.3 Å². The summed E-state index contributed by atoms with van der Waals surface area (Å²) in [6.07, 6.45) is 0.958. The van der Waals surface area contributed by atoms with Crippen LogP contribution in [0.15, 0.2) is 72.1 Å². The summed E-state index contributed by atoms with van der Waals surface area (Å²) in [4.78, 5) is 12.0. The Morgan fingerprint density at radius 1 is 1.09 bits per heavy atom. The van der Waals surface area contributed by atoms with E-state index in [4.69, 9.17) is 4.74 Å². The van der Waals surface area contributed by atoms with E-state index in [1.165, 1.54) is 31.4 Å². The Bertz CT molecular complexity index is 785. The van der Waals surface area contributed by atoms with Crippen LogP contribution in [0.2, 0.25) is 0 Å². The van der Waals surface area contributed by atoms with Gasteiger partial charge in [0.1, 0.15) is 10.6 Å². The van der Waals surface area contributed by atoms with Crippen LogP contribution in [-0.4, -0.2) is 21.4 Å². The smallest absolute Gasteiger partial charge is 0.274 e. The van der Waals surface area contributed by atoms with Crippen LogP contribution < -0.4 is 9.04 Å². The summed E-state index contributed by atoms with van der Waals surface area (Å²) in [5.74, 6) is -0.572. The molecule has 114 valence electrons. The van der Waals surface area contributed by atoms with Crippen LogP contribution in [0.3, 0.4) is 0 Å². The number of sulfonamides is 1. The first-order chi connectivity index (χ1) is 10.5. The van der Waals surface area contributed by atoms with Gasteiger partial charge in [-0.15, -0.1) is 0 Å². The van der Waals surface area contributed by atoms with Crippen molar-refractivity contribution in [1.82, 2.24) is 0 Å². The van der Waals surface area contributed by atoms with Gasteiger partial charge in [0.25, 0.3) is 15.9 Å². The highest BCUT2D eigenvalue weighted by molar-refractivity contribution is 7.93. The molecule has 2 rings (SSSR count). The average molecular weight is 317 g/mol. The minimum Gasteiger partial charge on any atom is -0.495 e. The molecule has 0 radical (unpaired) electrons. The van der Waals surface area contributed by atoms with Crippen molar-refractivity contribution in [2.45, 2.75) is 4.90 Å². The van der Waals surface area contributed by atoms with Gasteiger partial charge >= 0.3 is 0 Å². The molecule has 0 saturated carbocycles. The van der Waals surface area contributed by atoms with Crippen LogP contribution in [0.1, 0.15) is 0 Å². The molecule has 0 unspecified atom stereocenters. The molecule has 5 nitrogen and oxygen atoms in total. The molecule has 0 saturated heterocycles. The Hall–Kier alpha value is -2.60. The summed E-state index contributed by atoms with van der Waals surface area (Å²) >= 11 is 0. The van der Waals surface area contributed by atoms with Crippen molar-refractivity contribution in [3.63, 3.8) is 0 Å². The highest BCUT2D eigenvalue weighted by Gasteiger charge is 2.31. The molecule has 22 heavy (non-hydrogen) atoms. The molecule has 0 N–H and O–H groups in total. The van der Waals surface area contributed by atoms with E-state index < -0.39 is 15.9 Å². The van der Waals surface area contributed by atoms with Gasteiger partial charge in [-0.3, -0.25) is 4.79 Å². The summed E-state index contributed by atoms with van der Waals surface area (Å²) in [7, 11) is -2.75. The van der Waals surface area contributed by atoms with Crippen molar-refractivity contribution < 1.29 is 17.9 Å². The number of anilines is 1. The van der Waals surface area contributed by atoms with Crippen molar-refractivity contribution in [3.05, 3.63) is 67.3 Å². The van der Waals surface area contributed by atoms with Gasteiger partial charge in [0.2, 0.25) is 0 Å². The zero-order valence-corrected chi connectivity index (χ0v) is 12.8. The van der Waals surface area contributed by atoms with Crippen LogP contribution >= 0.6 is 0 Å². The molecule has 0 aromatic heterocycles. The van der Waals surface area contributed by atoms with Gasteiger partial charge in [0, 0.05) is 0 Å². The Morgan fingerprint density at radius 2 is 1.68 bits per heavy atom. The van der Waals surface area contributed by atoms with Gasteiger partial charge in [-0.1, -0.05) is 36.9 Å². The molecule has 1 amide bonds. The largest absolute Gasteiger partial charge is 0.495 e. The number of rotatable bonds is 5. The van der Waals surface area contributed by atoms with Crippen molar-refractivity contribution >= 4 is 21.6 Å². The number of ether oxygens (including phenoxy) is 1. The Morgan fingerprint density at radius 3 is 2.27 bits per heavy atom. The normalized spacial score (nSPS) is 10.8. The fourth-order valence-electron chi connectivity index (χ4n) is 1.96. The SMILES string of the molecule is C=CC(=O)N(c1ccccc1)S(=O)(=O)c1ccccc1OC. The minimum absolute atomic E-state index is 0.0865. The lowest BCUT2D eigenvalue weighted by Gasteiger charge is -2.22. The lowest BCUT2D eigenvalue weighted by molar-refractivity contribution is -0.113. The van der Waals surface area contributed by atoms with Crippen molar-refractivity contribution in [2.24, 2.45) is 0 Å². The number of benzene rings is 2. The highest BCUT2D eigenvalue weighted by Crippen LogP contribution is 2.29. The quantitative estimate of drug-likeness (QED) is 0.795. The molecule has 0 spiro atoms. The lowest BCUT2D eigenvalue weighted by Crippen LogP contribution is -2.35. The number of para-hydroxylation sites is 2. The molecule has 0 aliphatic carbocycles. The lowest BCUT2D eigenvalue weighted by atomic mass is 10.3. The second kappa shape index (κ2) is 6.44. The third kappa shape index (κ3) is 2.87. The molecular weight excluding hydrogens is 302 g/mol. The van der Waals surface area contributed by atoms with Crippen molar-refractivity contribution in [2.75, 3.05) is 11.4 Å². The fraction of sp³-hybridized carbons (Fsp3) is 0.0625. The van der Waals surface area contributed by atoms with Gasteiger partial charge in [0.05, 0.1) is 12.8 Å². The maximum absolute atomic E-state index is 12.9. The molecule has 2 aromatic rings. The maximum Gasteiger partial charge on any atom is 0.274 e. The Labute approximate surface area is 129 Å². The van der Waals surface area contributed by atoms with E-state index in [9.17, 15) is 13.2 Å². The van der Waals surface area contributed by atoms with Crippen LogP contribution in [-0.2, 0) is 14.8 Å². The summed E-state index contributed by atoms with van der Waals surface area (Å²) in [6.45, 7) is 3.37. The third-order valence-corrected chi connectivity index (χ3v) is 4.72. The predicted molar refractivity (Wildman–Crippen MR) is 84.3 cm³/mol. The number of hydrogen-bond acceptors (Lipinski definition) is 4. The highest BCUT2D eigenvalue weighted by atomic mass is 32.2. The van der Waals surface area contributed by atoms with Gasteiger partial charge in [-0.25, -0.2) is 8.42 Å². The molecule has 6 heteroatoms. The molecule has 0 fully saturated rings. The zero-order chi connectivity index (χ0) is 16.2. The number of hydrogen-bond donors (Lipinski definition) is 0. The predicted octanol–water partition coefficient (Wildman–Crippen LogP) is 2.60. The third-order valence-electron chi connectivity index (χ3n) is 2.95. The van der Waals surface area contributed by atoms with Gasteiger partial charge in [0.15, 0.2) is 0 Å². The monoisotopic (exact) mass is 317 g/mol. The molecule has 0 atom stereocenters. The van der Waals surface area contributed by atoms with Crippen molar-refractivity contribution in [3.8, 4) is 5.75 Å². The van der Waals surface area contributed by atoms with Crippen LogP contribution in [0.25, 0.3) is 0 Å². The molecule has 2 aromatic carbocycles. The van der Waals surface area contributed by atoms with E-state index >= 15 is 0 Å². The van der Waals surface area contributed by atoms with E-state index in [1.807, 2.05) is 0 Å². The molecule has 0 aliphatic heterocycles. The topological polar surface area (TPSA) is 63.7 Å². The second-order valence-corrected chi connectivity index (χ2v) is 6.05. The van der Waals surface area contributed by atoms with Crippen LogP contribution in [0, 0.1) is 0 Å². The summed E-state index contributed by atoms with van der Waals surface area (Å²) in [5.41, 5.74) is 0.235. The summed E-state index contributed by atoms with van der Waals surface area (Å²) in [6, 6.07) is 14.2. The second-order valence-electron chi connectivity index (χ2n) is 4.30. The number of methoxy groups -OCH3 is 1. The Kier molecular flexibility index (Phi) is 4.62. The number of carbonyl (C=O) groups excluding carboxylic acids is 1. The fourth-order valence-corrected chi connectivity index (χ4v) is 3.52. The number of amides is 1. The van der Waals surface area contributed by atoms with E-state index in [0.717, 1.165) is 6.08 Å². The Balaban J connectivity index is 2.65. The first-order valence-electron chi connectivity index (χ1n) is 6.42. The maximum atomic E-state index is 12.9. The van der Waals surface area contributed by atoms with Gasteiger partial charge < -0.3 is 4.74 Å². The van der Waals surface area contributed by atoms with E-state index in [2.05, 4.69) is 6.58 Å². The molecule has 0 bridgehead atoms. The standard InChI is InChI=1S/C16H15NO4S/c1-3-16(18)17(13-9-5-4-6-10-13)22(19,20)15-12-8-7-11-14(15)21-2/h3-12H,1H2,2H3. The van der Waals surface area contributed by atoms with E-state index in [0.29, 0.717) is 4.31 Å². The first kappa shape index (κ1) is 15.8. The molecule has 0 heterocycles.